The standard InChI is InChI=1S/C27H31F2N3O5/c28-16-5-7-22(29)15(9-16)13-30-25(34)12-19-11-21-20-10-18(32-27(35)31-17-3-1-2-4-17)6-8-23(20)37-26(21)24(14-33)36-19/h5-10,17,19,21,24,26,33H,1-4,11-14H2,(H,30,34)(H2,31,32,35)/t19-,21-,24+,26+/m1/s1. The number of aliphatic hydroxyl groups excluding tert-OH is 1. The van der Waals surface area contributed by atoms with Crippen molar-refractivity contribution in [1.29, 1.82) is 0 Å². The third kappa shape index (κ3) is 5.86. The van der Waals surface area contributed by atoms with Crippen molar-refractivity contribution in [3.8, 4) is 5.75 Å². The Kier molecular flexibility index (Phi) is 7.57. The van der Waals surface area contributed by atoms with E-state index in [-0.39, 0.29) is 49.0 Å². The van der Waals surface area contributed by atoms with E-state index in [0.717, 1.165) is 49.4 Å². The largest absolute Gasteiger partial charge is 0.487 e. The molecule has 2 aromatic rings. The van der Waals surface area contributed by atoms with E-state index >= 15 is 0 Å². The third-order valence-electron chi connectivity index (χ3n) is 7.34. The van der Waals surface area contributed by atoms with Gasteiger partial charge in [-0.05, 0) is 55.7 Å². The van der Waals surface area contributed by atoms with Crippen molar-refractivity contribution in [3.05, 3.63) is 59.2 Å². The monoisotopic (exact) mass is 515 g/mol. The molecule has 8 nitrogen and oxygen atoms in total. The number of amides is 3. The van der Waals surface area contributed by atoms with Crippen LogP contribution in [0.3, 0.4) is 0 Å². The fraction of sp³-hybridized carbons (Fsp3) is 0.481. The molecule has 0 radical (unpaired) electrons. The van der Waals surface area contributed by atoms with Crippen LogP contribution in [0, 0.1) is 11.6 Å². The van der Waals surface area contributed by atoms with Crippen molar-refractivity contribution in [2.75, 3.05) is 11.9 Å². The molecule has 1 aliphatic carbocycles. The number of halogens is 2. The zero-order valence-corrected chi connectivity index (χ0v) is 20.3. The Morgan fingerprint density at radius 3 is 2.68 bits per heavy atom. The van der Waals surface area contributed by atoms with Gasteiger partial charge >= 0.3 is 6.03 Å². The minimum atomic E-state index is -0.633. The lowest BCUT2D eigenvalue weighted by atomic mass is 9.84. The first-order valence-corrected chi connectivity index (χ1v) is 12.7. The number of hydrogen-bond donors (Lipinski definition) is 4. The topological polar surface area (TPSA) is 109 Å². The van der Waals surface area contributed by atoms with Gasteiger partial charge in [-0.15, -0.1) is 0 Å². The Bertz CT molecular complexity index is 1160. The van der Waals surface area contributed by atoms with Crippen LogP contribution in [0.25, 0.3) is 0 Å². The Hall–Kier alpha value is -3.24. The van der Waals surface area contributed by atoms with Gasteiger partial charge < -0.3 is 30.5 Å². The number of ether oxygens (including phenoxy) is 2. The van der Waals surface area contributed by atoms with Crippen LogP contribution in [-0.2, 0) is 16.1 Å². The molecule has 0 aromatic heterocycles. The van der Waals surface area contributed by atoms with Crippen molar-refractivity contribution < 1.29 is 33.0 Å². The summed E-state index contributed by atoms with van der Waals surface area (Å²) in [6, 6.07) is 8.49. The van der Waals surface area contributed by atoms with Crippen LogP contribution in [0.4, 0.5) is 19.3 Å². The zero-order chi connectivity index (χ0) is 25.9. The molecule has 2 fully saturated rings. The molecule has 1 saturated heterocycles. The summed E-state index contributed by atoms with van der Waals surface area (Å²) in [5, 5.41) is 18.5. The van der Waals surface area contributed by atoms with Gasteiger partial charge in [0.05, 0.1) is 19.1 Å². The maximum Gasteiger partial charge on any atom is 0.319 e. The van der Waals surface area contributed by atoms with Gasteiger partial charge in [0.15, 0.2) is 0 Å². The molecular formula is C27H31F2N3O5. The molecule has 4 atom stereocenters. The Morgan fingerprint density at radius 1 is 1.08 bits per heavy atom. The van der Waals surface area contributed by atoms with Crippen LogP contribution in [0.2, 0.25) is 0 Å². The maximum atomic E-state index is 13.9. The van der Waals surface area contributed by atoms with Gasteiger partial charge in [0.2, 0.25) is 5.91 Å². The van der Waals surface area contributed by atoms with Gasteiger partial charge in [0, 0.05) is 35.3 Å². The predicted molar refractivity (Wildman–Crippen MR) is 131 cm³/mol. The summed E-state index contributed by atoms with van der Waals surface area (Å²) in [5.41, 5.74) is 1.58. The molecule has 1 saturated carbocycles. The molecule has 5 rings (SSSR count). The number of rotatable bonds is 7. The van der Waals surface area contributed by atoms with Crippen molar-refractivity contribution in [3.63, 3.8) is 0 Å². The van der Waals surface area contributed by atoms with Gasteiger partial charge in [-0.2, -0.15) is 0 Å². The lowest BCUT2D eigenvalue weighted by Crippen LogP contribution is -2.47. The van der Waals surface area contributed by atoms with Gasteiger partial charge in [0.25, 0.3) is 0 Å². The molecule has 0 bridgehead atoms. The normalized spacial score (nSPS) is 24.6. The number of anilines is 1. The molecule has 0 unspecified atom stereocenters. The van der Waals surface area contributed by atoms with Crippen molar-refractivity contribution in [2.24, 2.45) is 0 Å². The summed E-state index contributed by atoms with van der Waals surface area (Å²) in [6.07, 6.45) is 3.13. The van der Waals surface area contributed by atoms with Gasteiger partial charge in [-0.1, -0.05) is 12.8 Å². The lowest BCUT2D eigenvalue weighted by Gasteiger charge is -2.37. The van der Waals surface area contributed by atoms with E-state index in [2.05, 4.69) is 16.0 Å². The van der Waals surface area contributed by atoms with E-state index in [4.69, 9.17) is 9.47 Å². The molecule has 2 heterocycles. The number of fused-ring (bicyclic) bond motifs is 3. The molecule has 10 heteroatoms. The van der Waals surface area contributed by atoms with Gasteiger partial charge in [-0.3, -0.25) is 4.79 Å². The second-order valence-electron chi connectivity index (χ2n) is 9.95. The first-order chi connectivity index (χ1) is 17.9. The quantitative estimate of drug-likeness (QED) is 0.450. The third-order valence-corrected chi connectivity index (χ3v) is 7.34. The number of aliphatic hydroxyl groups is 1. The van der Waals surface area contributed by atoms with Crippen LogP contribution < -0.4 is 20.7 Å². The number of hydrogen-bond acceptors (Lipinski definition) is 5. The average Bonchev–Trinajstić information content (AvgIpc) is 3.51. The van der Waals surface area contributed by atoms with E-state index in [9.17, 15) is 23.5 Å². The summed E-state index contributed by atoms with van der Waals surface area (Å²) < 4.78 is 39.3. The molecule has 3 amide bonds. The molecule has 2 aliphatic heterocycles. The number of carbonyl (C=O) groups is 2. The number of nitrogens with one attached hydrogen (secondary N) is 3. The van der Waals surface area contributed by atoms with E-state index in [1.165, 1.54) is 0 Å². The van der Waals surface area contributed by atoms with Crippen LogP contribution in [-0.4, -0.2) is 48.0 Å². The molecule has 2 aromatic carbocycles. The van der Waals surface area contributed by atoms with Crippen LogP contribution in [0.5, 0.6) is 5.75 Å². The minimum absolute atomic E-state index is 0.00623. The zero-order valence-electron chi connectivity index (χ0n) is 20.3. The molecule has 37 heavy (non-hydrogen) atoms. The summed E-state index contributed by atoms with van der Waals surface area (Å²) in [5.74, 6) is -1.03. The summed E-state index contributed by atoms with van der Waals surface area (Å²) in [6.45, 7) is -0.425. The molecular weight excluding hydrogens is 484 g/mol. The highest BCUT2D eigenvalue weighted by Crippen LogP contribution is 2.47. The fourth-order valence-corrected chi connectivity index (χ4v) is 5.54. The van der Waals surface area contributed by atoms with Crippen LogP contribution >= 0.6 is 0 Å². The second-order valence-corrected chi connectivity index (χ2v) is 9.95. The smallest absolute Gasteiger partial charge is 0.319 e. The second kappa shape index (κ2) is 11.0. The SMILES string of the molecule is O=C(C[C@H]1C[C@@H]2c3cc(NC(=O)NC4CCCC4)ccc3O[C@@H]2[C@H](CO)O1)NCc1cc(F)ccc1F. The Balaban J connectivity index is 1.22. The highest BCUT2D eigenvalue weighted by atomic mass is 19.1. The van der Waals surface area contributed by atoms with E-state index in [0.29, 0.717) is 17.9 Å². The first-order valence-electron chi connectivity index (χ1n) is 12.7. The highest BCUT2D eigenvalue weighted by molar-refractivity contribution is 5.89. The number of urea groups is 1. The fourth-order valence-electron chi connectivity index (χ4n) is 5.54. The minimum Gasteiger partial charge on any atom is -0.487 e. The van der Waals surface area contributed by atoms with E-state index in [1.54, 1.807) is 12.1 Å². The van der Waals surface area contributed by atoms with Crippen molar-refractivity contribution >= 4 is 17.6 Å². The van der Waals surface area contributed by atoms with Crippen LogP contribution in [0.15, 0.2) is 36.4 Å². The van der Waals surface area contributed by atoms with Crippen molar-refractivity contribution in [2.45, 2.75) is 75.3 Å². The maximum absolute atomic E-state index is 13.9. The van der Waals surface area contributed by atoms with Gasteiger partial charge in [0.1, 0.15) is 29.6 Å². The molecule has 198 valence electrons. The summed E-state index contributed by atoms with van der Waals surface area (Å²) in [4.78, 5) is 25.0. The highest BCUT2D eigenvalue weighted by Gasteiger charge is 2.46. The van der Waals surface area contributed by atoms with Gasteiger partial charge in [-0.25, -0.2) is 13.6 Å². The lowest BCUT2D eigenvalue weighted by molar-refractivity contribution is -0.142. The van der Waals surface area contributed by atoms with E-state index in [1.807, 2.05) is 6.07 Å². The molecule has 0 spiro atoms. The summed E-state index contributed by atoms with van der Waals surface area (Å²) >= 11 is 0. The Labute approximate surface area is 213 Å². The van der Waals surface area contributed by atoms with Crippen LogP contribution in [0.1, 0.15) is 55.6 Å². The van der Waals surface area contributed by atoms with E-state index < -0.39 is 29.9 Å². The predicted octanol–water partition coefficient (Wildman–Crippen LogP) is 3.73. The number of carbonyl (C=O) groups excluding carboxylic acids is 2. The van der Waals surface area contributed by atoms with Crippen molar-refractivity contribution in [1.82, 2.24) is 10.6 Å². The first kappa shape index (κ1) is 25.4. The molecule has 4 N–H and O–H groups in total. The molecule has 3 aliphatic rings. The summed E-state index contributed by atoms with van der Waals surface area (Å²) in [7, 11) is 0. The number of benzene rings is 2. The average molecular weight is 516 g/mol. The Morgan fingerprint density at radius 2 is 1.89 bits per heavy atom.